The molecule has 1 unspecified atom stereocenters. The topological polar surface area (TPSA) is 12.0 Å². The van der Waals surface area contributed by atoms with Gasteiger partial charge >= 0.3 is 0 Å². The predicted octanol–water partition coefficient (Wildman–Crippen LogP) is 2.34. The third-order valence-electron chi connectivity index (χ3n) is 2.60. The van der Waals surface area contributed by atoms with Crippen LogP contribution in [0.15, 0.2) is 11.6 Å². The Balaban J connectivity index is 2.44. The molecule has 64 valence electrons. The molecule has 11 heavy (non-hydrogen) atoms. The Morgan fingerprint density at radius 3 is 2.64 bits per heavy atom. The highest BCUT2D eigenvalue weighted by atomic mass is 14.9. The van der Waals surface area contributed by atoms with Crippen LogP contribution in [0.3, 0.4) is 0 Å². The van der Waals surface area contributed by atoms with E-state index >= 15 is 0 Å². The first-order valence-electron chi connectivity index (χ1n) is 4.60. The molecule has 0 aromatic rings. The Hall–Kier alpha value is -0.300. The van der Waals surface area contributed by atoms with E-state index in [1.165, 1.54) is 19.3 Å². The highest BCUT2D eigenvalue weighted by Gasteiger charge is 2.13. The lowest BCUT2D eigenvalue weighted by molar-refractivity contribution is 0.487. The number of allylic oxidation sites excluding steroid dienone is 1. The van der Waals surface area contributed by atoms with Crippen molar-refractivity contribution >= 4 is 0 Å². The van der Waals surface area contributed by atoms with E-state index in [2.05, 4.69) is 32.3 Å². The van der Waals surface area contributed by atoms with Crippen LogP contribution in [0.4, 0.5) is 0 Å². The normalized spacial score (nSPS) is 25.5. The number of hydrogen-bond acceptors (Lipinski definition) is 1. The van der Waals surface area contributed by atoms with Crippen LogP contribution < -0.4 is 5.32 Å². The Bertz CT molecular complexity index is 147. The van der Waals surface area contributed by atoms with Gasteiger partial charge in [0, 0.05) is 6.04 Å². The summed E-state index contributed by atoms with van der Waals surface area (Å²) in [5, 5.41) is 3.32. The molecule has 1 aliphatic carbocycles. The summed E-state index contributed by atoms with van der Waals surface area (Å²) in [6.07, 6.45) is 6.25. The highest BCUT2D eigenvalue weighted by molar-refractivity contribution is 5.09. The number of rotatable bonds is 2. The van der Waals surface area contributed by atoms with Gasteiger partial charge in [-0.25, -0.2) is 0 Å². The molecule has 0 amide bonds. The van der Waals surface area contributed by atoms with E-state index in [-0.39, 0.29) is 0 Å². The average Bonchev–Trinajstić information content (AvgIpc) is 2.05. The van der Waals surface area contributed by atoms with Gasteiger partial charge in [0.2, 0.25) is 0 Å². The fraction of sp³-hybridized carbons (Fsp3) is 0.800. The minimum absolute atomic E-state index is 0.734. The molecular weight excluding hydrogens is 134 g/mol. The number of hydrogen-bond donors (Lipinski definition) is 1. The minimum Gasteiger partial charge on any atom is -0.317 e. The largest absolute Gasteiger partial charge is 0.317 e. The molecule has 1 rings (SSSR count). The molecule has 1 nitrogen and oxygen atoms in total. The van der Waals surface area contributed by atoms with Crippen LogP contribution in [0.1, 0.15) is 33.1 Å². The van der Waals surface area contributed by atoms with Gasteiger partial charge in [-0.05, 0) is 32.2 Å². The van der Waals surface area contributed by atoms with Gasteiger partial charge in [0.05, 0.1) is 0 Å². The van der Waals surface area contributed by atoms with Gasteiger partial charge in [-0.1, -0.05) is 25.5 Å². The second-order valence-electron chi connectivity index (χ2n) is 3.69. The second-order valence-corrected chi connectivity index (χ2v) is 3.69. The van der Waals surface area contributed by atoms with Crippen LogP contribution >= 0.6 is 0 Å². The van der Waals surface area contributed by atoms with Crippen LogP contribution in [0, 0.1) is 5.92 Å². The molecule has 1 aliphatic rings. The summed E-state index contributed by atoms with van der Waals surface area (Å²) in [5.74, 6) is 0.757. The van der Waals surface area contributed by atoms with E-state index < -0.39 is 0 Å². The second kappa shape index (κ2) is 3.91. The lowest BCUT2D eigenvalue weighted by atomic mass is 9.89. The lowest BCUT2D eigenvalue weighted by Gasteiger charge is -2.23. The maximum atomic E-state index is 3.32. The summed E-state index contributed by atoms with van der Waals surface area (Å²) in [4.78, 5) is 0. The van der Waals surface area contributed by atoms with Crippen molar-refractivity contribution in [2.75, 3.05) is 7.05 Å². The first-order valence-corrected chi connectivity index (χ1v) is 4.60. The fourth-order valence-corrected chi connectivity index (χ4v) is 1.64. The molecule has 0 aromatic heterocycles. The zero-order chi connectivity index (χ0) is 8.27. The van der Waals surface area contributed by atoms with Gasteiger partial charge in [-0.15, -0.1) is 0 Å². The number of nitrogens with one attached hydrogen (secondary N) is 1. The van der Waals surface area contributed by atoms with Crippen molar-refractivity contribution in [1.82, 2.24) is 5.32 Å². The van der Waals surface area contributed by atoms with E-state index in [0.29, 0.717) is 0 Å². The molecule has 0 heterocycles. The van der Waals surface area contributed by atoms with Crippen LogP contribution in [0.25, 0.3) is 0 Å². The summed E-state index contributed by atoms with van der Waals surface area (Å²) in [6.45, 7) is 4.57. The molecule has 0 spiro atoms. The van der Waals surface area contributed by atoms with E-state index in [0.717, 1.165) is 12.0 Å². The monoisotopic (exact) mass is 153 g/mol. The molecular formula is C10H19N. The summed E-state index contributed by atoms with van der Waals surface area (Å²) in [6, 6.07) is 0.734. The fourth-order valence-electron chi connectivity index (χ4n) is 1.64. The van der Waals surface area contributed by atoms with Crippen molar-refractivity contribution in [1.29, 1.82) is 0 Å². The van der Waals surface area contributed by atoms with E-state index in [4.69, 9.17) is 0 Å². The van der Waals surface area contributed by atoms with Crippen LogP contribution in [0.5, 0.6) is 0 Å². The smallest absolute Gasteiger partial charge is 0.0102 e. The summed E-state index contributed by atoms with van der Waals surface area (Å²) >= 11 is 0. The van der Waals surface area contributed by atoms with E-state index in [9.17, 15) is 0 Å². The van der Waals surface area contributed by atoms with Crippen molar-refractivity contribution < 1.29 is 0 Å². The third-order valence-corrected chi connectivity index (χ3v) is 2.60. The highest BCUT2D eigenvalue weighted by Crippen LogP contribution is 2.23. The lowest BCUT2D eigenvalue weighted by Crippen LogP contribution is -2.27. The molecule has 0 bridgehead atoms. The zero-order valence-electron chi connectivity index (χ0n) is 7.85. The van der Waals surface area contributed by atoms with Crippen LogP contribution in [0.2, 0.25) is 0 Å². The minimum atomic E-state index is 0.734. The van der Waals surface area contributed by atoms with Crippen molar-refractivity contribution in [2.45, 2.75) is 39.2 Å². The molecule has 0 fully saturated rings. The molecule has 0 aliphatic heterocycles. The molecule has 1 N–H and O–H groups in total. The zero-order valence-corrected chi connectivity index (χ0v) is 7.85. The molecule has 1 atom stereocenters. The SMILES string of the molecule is CNC1CC=C(C(C)C)CC1. The molecule has 0 saturated heterocycles. The molecule has 0 saturated carbocycles. The van der Waals surface area contributed by atoms with Crippen LogP contribution in [-0.4, -0.2) is 13.1 Å². The van der Waals surface area contributed by atoms with Gasteiger partial charge in [-0.3, -0.25) is 0 Å². The standard InChI is InChI=1S/C10H19N/c1-8(2)9-4-6-10(11-3)7-5-9/h4,8,10-11H,5-7H2,1-3H3. The van der Waals surface area contributed by atoms with Gasteiger partial charge in [0.15, 0.2) is 0 Å². The first kappa shape index (κ1) is 8.79. The summed E-state index contributed by atoms with van der Waals surface area (Å²) < 4.78 is 0. The first-order chi connectivity index (χ1) is 5.24. The quantitative estimate of drug-likeness (QED) is 0.600. The Morgan fingerprint density at radius 1 is 1.55 bits per heavy atom. The van der Waals surface area contributed by atoms with E-state index in [1.807, 2.05) is 0 Å². The van der Waals surface area contributed by atoms with Crippen molar-refractivity contribution in [3.05, 3.63) is 11.6 Å². The molecule has 0 radical (unpaired) electrons. The van der Waals surface area contributed by atoms with Crippen molar-refractivity contribution in [3.8, 4) is 0 Å². The van der Waals surface area contributed by atoms with Crippen molar-refractivity contribution in [3.63, 3.8) is 0 Å². The van der Waals surface area contributed by atoms with Gasteiger partial charge in [0.1, 0.15) is 0 Å². The maximum Gasteiger partial charge on any atom is 0.0102 e. The van der Waals surface area contributed by atoms with Gasteiger partial charge < -0.3 is 5.32 Å². The van der Waals surface area contributed by atoms with E-state index in [1.54, 1.807) is 5.57 Å². The van der Waals surface area contributed by atoms with Gasteiger partial charge in [-0.2, -0.15) is 0 Å². The Labute approximate surface area is 69.9 Å². The Morgan fingerprint density at radius 2 is 2.27 bits per heavy atom. The summed E-state index contributed by atoms with van der Waals surface area (Å²) in [5.41, 5.74) is 1.65. The maximum absolute atomic E-state index is 3.32. The molecule has 0 aromatic carbocycles. The third kappa shape index (κ3) is 2.33. The van der Waals surface area contributed by atoms with Crippen LogP contribution in [-0.2, 0) is 0 Å². The summed E-state index contributed by atoms with van der Waals surface area (Å²) in [7, 11) is 2.05. The average molecular weight is 153 g/mol. The van der Waals surface area contributed by atoms with Crippen molar-refractivity contribution in [2.24, 2.45) is 5.92 Å². The van der Waals surface area contributed by atoms with Gasteiger partial charge in [0.25, 0.3) is 0 Å². The predicted molar refractivity (Wildman–Crippen MR) is 49.6 cm³/mol. The molecule has 1 heteroatoms. The Kier molecular flexibility index (Phi) is 3.13.